The van der Waals surface area contributed by atoms with E-state index in [2.05, 4.69) is 29.2 Å². The minimum Gasteiger partial charge on any atom is -0.368 e. The van der Waals surface area contributed by atoms with Crippen LogP contribution in [0.15, 0.2) is 54.6 Å². The number of benzene rings is 2. The van der Waals surface area contributed by atoms with E-state index in [4.69, 9.17) is 0 Å². The summed E-state index contributed by atoms with van der Waals surface area (Å²) in [6, 6.07) is 18.2. The highest BCUT2D eigenvalue weighted by Crippen LogP contribution is 2.17. The average molecular weight is 280 g/mol. The number of amides is 1. The molecule has 1 heterocycles. The minimum absolute atomic E-state index is 0.141. The van der Waals surface area contributed by atoms with E-state index < -0.39 is 0 Å². The number of nitrogens with zero attached hydrogens (tertiary/aromatic N) is 2. The summed E-state index contributed by atoms with van der Waals surface area (Å²) in [5, 5.41) is 0. The van der Waals surface area contributed by atoms with E-state index in [-0.39, 0.29) is 5.91 Å². The molecule has 3 rings (SSSR count). The van der Waals surface area contributed by atoms with Gasteiger partial charge >= 0.3 is 0 Å². The van der Waals surface area contributed by atoms with E-state index in [0.717, 1.165) is 31.7 Å². The maximum atomic E-state index is 12.5. The predicted octanol–water partition coefficient (Wildman–Crippen LogP) is 2.96. The molecule has 0 aliphatic carbocycles. The van der Waals surface area contributed by atoms with E-state index in [1.807, 2.05) is 42.2 Å². The molecular formula is C18H20N2O. The van der Waals surface area contributed by atoms with Crippen LogP contribution in [0.4, 0.5) is 5.69 Å². The molecule has 2 aromatic rings. The second kappa shape index (κ2) is 6.00. The summed E-state index contributed by atoms with van der Waals surface area (Å²) < 4.78 is 0. The molecule has 0 N–H and O–H groups in total. The Kier molecular flexibility index (Phi) is 3.91. The second-order valence-corrected chi connectivity index (χ2v) is 5.48. The average Bonchev–Trinajstić information content (AvgIpc) is 2.56. The van der Waals surface area contributed by atoms with Crippen molar-refractivity contribution in [2.24, 2.45) is 0 Å². The Morgan fingerprint density at radius 1 is 0.857 bits per heavy atom. The summed E-state index contributed by atoms with van der Waals surface area (Å²) in [5.74, 6) is 0.141. The van der Waals surface area contributed by atoms with Crippen LogP contribution in [0, 0.1) is 6.92 Å². The van der Waals surface area contributed by atoms with Gasteiger partial charge < -0.3 is 9.80 Å². The maximum absolute atomic E-state index is 12.5. The molecule has 21 heavy (non-hydrogen) atoms. The van der Waals surface area contributed by atoms with Crippen LogP contribution >= 0.6 is 0 Å². The molecule has 0 aromatic heterocycles. The van der Waals surface area contributed by atoms with Crippen molar-refractivity contribution in [2.45, 2.75) is 6.92 Å². The van der Waals surface area contributed by atoms with Gasteiger partial charge in [0.25, 0.3) is 5.91 Å². The molecule has 108 valence electrons. The van der Waals surface area contributed by atoms with Gasteiger partial charge in [-0.3, -0.25) is 4.79 Å². The fraction of sp³-hybridized carbons (Fsp3) is 0.278. The first kappa shape index (κ1) is 13.7. The Labute approximate surface area is 125 Å². The maximum Gasteiger partial charge on any atom is 0.253 e. The van der Waals surface area contributed by atoms with Crippen molar-refractivity contribution >= 4 is 11.6 Å². The number of aryl methyl sites for hydroxylation is 1. The molecule has 3 heteroatoms. The van der Waals surface area contributed by atoms with Crippen molar-refractivity contribution in [2.75, 3.05) is 31.1 Å². The molecule has 1 aliphatic rings. The lowest BCUT2D eigenvalue weighted by molar-refractivity contribution is 0.0747. The third-order valence-electron chi connectivity index (χ3n) is 3.99. The number of anilines is 1. The smallest absolute Gasteiger partial charge is 0.253 e. The molecule has 0 saturated carbocycles. The van der Waals surface area contributed by atoms with E-state index in [1.165, 1.54) is 11.3 Å². The Morgan fingerprint density at radius 3 is 2.10 bits per heavy atom. The lowest BCUT2D eigenvalue weighted by Gasteiger charge is -2.36. The first-order valence-corrected chi connectivity index (χ1v) is 7.40. The van der Waals surface area contributed by atoms with Crippen molar-refractivity contribution in [3.8, 4) is 0 Å². The molecule has 2 aromatic carbocycles. The molecule has 0 atom stereocenters. The monoisotopic (exact) mass is 280 g/mol. The number of hydrogen-bond donors (Lipinski definition) is 0. The number of hydrogen-bond acceptors (Lipinski definition) is 2. The highest BCUT2D eigenvalue weighted by atomic mass is 16.2. The zero-order valence-corrected chi connectivity index (χ0v) is 12.3. The minimum atomic E-state index is 0.141. The Morgan fingerprint density at radius 2 is 1.48 bits per heavy atom. The first-order chi connectivity index (χ1) is 10.2. The number of carbonyl (C=O) groups excluding carboxylic acids is 1. The van der Waals surface area contributed by atoms with Gasteiger partial charge in [-0.05, 0) is 31.2 Å². The van der Waals surface area contributed by atoms with Crippen molar-refractivity contribution in [1.82, 2.24) is 4.90 Å². The predicted molar refractivity (Wildman–Crippen MR) is 85.7 cm³/mol. The SMILES string of the molecule is Cc1ccc(C(=O)N2CCN(c3ccccc3)CC2)cc1. The number of rotatable bonds is 2. The standard InChI is InChI=1S/C18H20N2O/c1-15-7-9-16(10-8-15)18(21)20-13-11-19(12-14-20)17-5-3-2-4-6-17/h2-10H,11-14H2,1H3. The Hall–Kier alpha value is -2.29. The van der Waals surface area contributed by atoms with Crippen LogP contribution in [-0.4, -0.2) is 37.0 Å². The Bertz CT molecular complexity index is 599. The summed E-state index contributed by atoms with van der Waals surface area (Å²) in [5.41, 5.74) is 3.20. The van der Waals surface area contributed by atoms with Crippen LogP contribution in [0.3, 0.4) is 0 Å². The van der Waals surface area contributed by atoms with Crippen LogP contribution in [0.1, 0.15) is 15.9 Å². The summed E-state index contributed by atoms with van der Waals surface area (Å²) in [4.78, 5) is 16.7. The van der Waals surface area contributed by atoms with E-state index in [0.29, 0.717) is 0 Å². The van der Waals surface area contributed by atoms with Gasteiger partial charge in [0.05, 0.1) is 0 Å². The van der Waals surface area contributed by atoms with Gasteiger partial charge in [0.15, 0.2) is 0 Å². The summed E-state index contributed by atoms with van der Waals surface area (Å²) in [7, 11) is 0. The van der Waals surface area contributed by atoms with E-state index in [9.17, 15) is 4.79 Å². The zero-order chi connectivity index (χ0) is 14.7. The second-order valence-electron chi connectivity index (χ2n) is 5.48. The fourth-order valence-corrected chi connectivity index (χ4v) is 2.69. The van der Waals surface area contributed by atoms with Crippen molar-refractivity contribution in [1.29, 1.82) is 0 Å². The highest BCUT2D eigenvalue weighted by Gasteiger charge is 2.21. The van der Waals surface area contributed by atoms with Gasteiger partial charge in [-0.25, -0.2) is 0 Å². The van der Waals surface area contributed by atoms with Crippen LogP contribution in [0.5, 0.6) is 0 Å². The largest absolute Gasteiger partial charge is 0.368 e. The van der Waals surface area contributed by atoms with Crippen LogP contribution < -0.4 is 4.90 Å². The van der Waals surface area contributed by atoms with Gasteiger partial charge in [-0.2, -0.15) is 0 Å². The number of para-hydroxylation sites is 1. The van der Waals surface area contributed by atoms with E-state index in [1.54, 1.807) is 0 Å². The molecule has 1 fully saturated rings. The third-order valence-corrected chi connectivity index (χ3v) is 3.99. The quantitative estimate of drug-likeness (QED) is 0.844. The van der Waals surface area contributed by atoms with Crippen LogP contribution in [0.2, 0.25) is 0 Å². The summed E-state index contributed by atoms with van der Waals surface area (Å²) in [6.07, 6.45) is 0. The number of piperazine rings is 1. The molecule has 1 amide bonds. The molecular weight excluding hydrogens is 260 g/mol. The lowest BCUT2D eigenvalue weighted by atomic mass is 10.1. The third kappa shape index (κ3) is 3.07. The molecule has 1 aliphatic heterocycles. The highest BCUT2D eigenvalue weighted by molar-refractivity contribution is 5.94. The van der Waals surface area contributed by atoms with Gasteiger partial charge in [0.2, 0.25) is 0 Å². The van der Waals surface area contributed by atoms with Gasteiger partial charge in [-0.15, -0.1) is 0 Å². The Balaban J connectivity index is 1.63. The van der Waals surface area contributed by atoms with Crippen molar-refractivity contribution in [3.05, 3.63) is 65.7 Å². The lowest BCUT2D eigenvalue weighted by Crippen LogP contribution is -2.48. The van der Waals surface area contributed by atoms with Gasteiger partial charge in [-0.1, -0.05) is 35.9 Å². The molecule has 3 nitrogen and oxygen atoms in total. The molecule has 0 bridgehead atoms. The van der Waals surface area contributed by atoms with Crippen molar-refractivity contribution < 1.29 is 4.79 Å². The van der Waals surface area contributed by atoms with Gasteiger partial charge in [0.1, 0.15) is 0 Å². The zero-order valence-electron chi connectivity index (χ0n) is 12.3. The van der Waals surface area contributed by atoms with Crippen LogP contribution in [-0.2, 0) is 0 Å². The van der Waals surface area contributed by atoms with E-state index >= 15 is 0 Å². The summed E-state index contributed by atoms with van der Waals surface area (Å²) >= 11 is 0. The fourth-order valence-electron chi connectivity index (χ4n) is 2.69. The van der Waals surface area contributed by atoms with Crippen LogP contribution in [0.25, 0.3) is 0 Å². The van der Waals surface area contributed by atoms with Gasteiger partial charge in [0, 0.05) is 37.4 Å². The number of carbonyl (C=O) groups is 1. The molecule has 0 radical (unpaired) electrons. The summed E-state index contributed by atoms with van der Waals surface area (Å²) in [6.45, 7) is 5.37. The topological polar surface area (TPSA) is 23.6 Å². The first-order valence-electron chi connectivity index (χ1n) is 7.40. The molecule has 0 spiro atoms. The molecule has 1 saturated heterocycles. The van der Waals surface area contributed by atoms with Crippen molar-refractivity contribution in [3.63, 3.8) is 0 Å². The molecule has 0 unspecified atom stereocenters. The normalized spacial score (nSPS) is 15.1.